The number of carboxylic acids is 1. The Labute approximate surface area is 138 Å². The van der Waals surface area contributed by atoms with E-state index in [4.69, 9.17) is 9.84 Å². The van der Waals surface area contributed by atoms with Gasteiger partial charge in [-0.15, -0.1) is 0 Å². The summed E-state index contributed by atoms with van der Waals surface area (Å²) in [6.07, 6.45) is 0. The van der Waals surface area contributed by atoms with Gasteiger partial charge in [-0.25, -0.2) is 0 Å². The SMILES string of the molecule is Cc1cccc(COc2ccc(Br)cc2CNCC(=O)O)c1. The number of carboxylic acid groups (broad SMARTS) is 1. The Morgan fingerprint density at radius 1 is 1.27 bits per heavy atom. The van der Waals surface area contributed by atoms with Crippen molar-refractivity contribution >= 4 is 21.9 Å². The van der Waals surface area contributed by atoms with Crippen molar-refractivity contribution in [2.45, 2.75) is 20.1 Å². The number of nitrogens with one attached hydrogen (secondary N) is 1. The molecule has 0 aliphatic carbocycles. The Bertz CT molecular complexity index is 658. The highest BCUT2D eigenvalue weighted by molar-refractivity contribution is 9.10. The first kappa shape index (κ1) is 16.5. The third-order valence-electron chi connectivity index (χ3n) is 3.09. The normalized spacial score (nSPS) is 10.5. The largest absolute Gasteiger partial charge is 0.489 e. The van der Waals surface area contributed by atoms with E-state index in [9.17, 15) is 4.79 Å². The monoisotopic (exact) mass is 363 g/mol. The van der Waals surface area contributed by atoms with E-state index in [1.807, 2.05) is 43.3 Å². The van der Waals surface area contributed by atoms with Gasteiger partial charge in [0.25, 0.3) is 0 Å². The van der Waals surface area contributed by atoms with Gasteiger partial charge >= 0.3 is 5.97 Å². The van der Waals surface area contributed by atoms with Crippen molar-refractivity contribution in [1.29, 1.82) is 0 Å². The second kappa shape index (κ2) is 7.96. The molecule has 0 amide bonds. The highest BCUT2D eigenvalue weighted by Gasteiger charge is 2.06. The number of hydrogen-bond donors (Lipinski definition) is 2. The van der Waals surface area contributed by atoms with Crippen LogP contribution in [-0.4, -0.2) is 17.6 Å². The summed E-state index contributed by atoms with van der Waals surface area (Å²) in [5.74, 6) is -0.125. The van der Waals surface area contributed by atoms with E-state index < -0.39 is 5.97 Å². The average molecular weight is 364 g/mol. The number of aliphatic carboxylic acids is 1. The average Bonchev–Trinajstić information content (AvgIpc) is 2.46. The fraction of sp³-hybridized carbons (Fsp3) is 0.235. The lowest BCUT2D eigenvalue weighted by Gasteiger charge is -2.13. The molecule has 0 aliphatic rings. The van der Waals surface area contributed by atoms with Gasteiger partial charge in [0.1, 0.15) is 12.4 Å². The van der Waals surface area contributed by atoms with Crippen LogP contribution in [0.1, 0.15) is 16.7 Å². The molecule has 0 saturated heterocycles. The number of rotatable bonds is 7. The van der Waals surface area contributed by atoms with Gasteiger partial charge in [0.15, 0.2) is 0 Å². The van der Waals surface area contributed by atoms with Crippen LogP contribution in [0.3, 0.4) is 0 Å². The van der Waals surface area contributed by atoms with Crippen LogP contribution in [0.25, 0.3) is 0 Å². The van der Waals surface area contributed by atoms with E-state index >= 15 is 0 Å². The Balaban J connectivity index is 2.04. The lowest BCUT2D eigenvalue weighted by Crippen LogP contribution is -2.22. The molecule has 0 unspecified atom stereocenters. The van der Waals surface area contributed by atoms with Crippen LogP contribution in [0, 0.1) is 6.92 Å². The highest BCUT2D eigenvalue weighted by atomic mass is 79.9. The Kier molecular flexibility index (Phi) is 5.98. The number of hydrogen-bond acceptors (Lipinski definition) is 3. The van der Waals surface area contributed by atoms with E-state index in [1.54, 1.807) is 0 Å². The molecule has 2 aromatic carbocycles. The van der Waals surface area contributed by atoms with Crippen molar-refractivity contribution in [3.05, 3.63) is 63.6 Å². The summed E-state index contributed by atoms with van der Waals surface area (Å²) in [6.45, 7) is 2.89. The van der Waals surface area contributed by atoms with Crippen LogP contribution in [0.15, 0.2) is 46.9 Å². The van der Waals surface area contributed by atoms with Crippen molar-refractivity contribution < 1.29 is 14.6 Å². The third kappa shape index (κ3) is 5.16. The zero-order valence-corrected chi connectivity index (χ0v) is 13.9. The second-order valence-electron chi connectivity index (χ2n) is 5.03. The summed E-state index contributed by atoms with van der Waals surface area (Å²) in [5.41, 5.74) is 3.22. The first-order valence-electron chi connectivity index (χ1n) is 6.94. The smallest absolute Gasteiger partial charge is 0.317 e. The highest BCUT2D eigenvalue weighted by Crippen LogP contribution is 2.24. The zero-order chi connectivity index (χ0) is 15.9. The van der Waals surface area contributed by atoms with E-state index in [1.165, 1.54) is 5.56 Å². The molecular weight excluding hydrogens is 346 g/mol. The fourth-order valence-electron chi connectivity index (χ4n) is 2.09. The summed E-state index contributed by atoms with van der Waals surface area (Å²) >= 11 is 3.42. The maximum absolute atomic E-state index is 10.6. The Morgan fingerprint density at radius 3 is 2.82 bits per heavy atom. The van der Waals surface area contributed by atoms with Crippen molar-refractivity contribution in [3.8, 4) is 5.75 Å². The van der Waals surface area contributed by atoms with Gasteiger partial charge in [0.05, 0.1) is 6.54 Å². The van der Waals surface area contributed by atoms with Crippen LogP contribution in [-0.2, 0) is 17.9 Å². The van der Waals surface area contributed by atoms with Gasteiger partial charge in [0, 0.05) is 16.6 Å². The quantitative estimate of drug-likeness (QED) is 0.790. The number of aryl methyl sites for hydroxylation is 1. The summed E-state index contributed by atoms with van der Waals surface area (Å²) in [6, 6.07) is 13.9. The molecule has 0 spiro atoms. The molecule has 0 heterocycles. The van der Waals surface area contributed by atoms with Crippen LogP contribution in [0.2, 0.25) is 0 Å². The summed E-state index contributed by atoms with van der Waals surface area (Å²) in [4.78, 5) is 10.6. The number of halogens is 1. The standard InChI is InChI=1S/C17H18BrNO3/c1-12-3-2-4-13(7-12)11-22-16-6-5-15(18)8-14(16)9-19-10-17(20)21/h2-8,19H,9-11H2,1H3,(H,20,21). The first-order chi connectivity index (χ1) is 10.5. The van der Waals surface area contributed by atoms with Crippen LogP contribution >= 0.6 is 15.9 Å². The molecule has 22 heavy (non-hydrogen) atoms. The van der Waals surface area contributed by atoms with Crippen LogP contribution < -0.4 is 10.1 Å². The van der Waals surface area contributed by atoms with Gasteiger partial charge in [0.2, 0.25) is 0 Å². The van der Waals surface area contributed by atoms with E-state index in [2.05, 4.69) is 27.3 Å². The molecule has 0 aromatic heterocycles. The maximum Gasteiger partial charge on any atom is 0.317 e. The van der Waals surface area contributed by atoms with Gasteiger partial charge in [-0.3, -0.25) is 4.79 Å². The molecule has 0 fully saturated rings. The predicted octanol–water partition coefficient (Wildman–Crippen LogP) is 3.51. The molecule has 2 N–H and O–H groups in total. The van der Waals surface area contributed by atoms with E-state index in [0.29, 0.717) is 13.2 Å². The molecule has 0 bridgehead atoms. The van der Waals surface area contributed by atoms with Crippen molar-refractivity contribution in [1.82, 2.24) is 5.32 Å². The molecular formula is C17H18BrNO3. The lowest BCUT2D eigenvalue weighted by molar-refractivity contribution is -0.136. The molecule has 0 atom stereocenters. The molecule has 4 nitrogen and oxygen atoms in total. The summed E-state index contributed by atoms with van der Waals surface area (Å²) in [7, 11) is 0. The number of ether oxygens (including phenoxy) is 1. The third-order valence-corrected chi connectivity index (χ3v) is 3.58. The number of benzene rings is 2. The predicted molar refractivity (Wildman–Crippen MR) is 89.0 cm³/mol. The van der Waals surface area contributed by atoms with Crippen LogP contribution in [0.5, 0.6) is 5.75 Å². The maximum atomic E-state index is 10.6. The fourth-order valence-corrected chi connectivity index (χ4v) is 2.50. The van der Waals surface area contributed by atoms with Gasteiger partial charge in [-0.05, 0) is 30.7 Å². The Morgan fingerprint density at radius 2 is 2.09 bits per heavy atom. The summed E-state index contributed by atoms with van der Waals surface area (Å²) in [5, 5.41) is 11.6. The lowest BCUT2D eigenvalue weighted by atomic mass is 10.1. The van der Waals surface area contributed by atoms with Crippen molar-refractivity contribution in [3.63, 3.8) is 0 Å². The van der Waals surface area contributed by atoms with Crippen LogP contribution in [0.4, 0.5) is 0 Å². The molecule has 5 heteroatoms. The molecule has 2 rings (SSSR count). The van der Waals surface area contributed by atoms with Crippen molar-refractivity contribution in [2.75, 3.05) is 6.54 Å². The number of carbonyl (C=O) groups is 1. The minimum Gasteiger partial charge on any atom is -0.489 e. The molecule has 2 aromatic rings. The second-order valence-corrected chi connectivity index (χ2v) is 5.94. The van der Waals surface area contributed by atoms with Gasteiger partial charge in [-0.2, -0.15) is 0 Å². The molecule has 0 saturated carbocycles. The van der Waals surface area contributed by atoms with Gasteiger partial charge in [-0.1, -0.05) is 45.8 Å². The summed E-state index contributed by atoms with van der Waals surface area (Å²) < 4.78 is 6.82. The van der Waals surface area contributed by atoms with Crippen molar-refractivity contribution in [2.24, 2.45) is 0 Å². The minimum absolute atomic E-state index is 0.0795. The first-order valence-corrected chi connectivity index (χ1v) is 7.73. The Hall–Kier alpha value is -1.85. The topological polar surface area (TPSA) is 58.6 Å². The van der Waals surface area contributed by atoms with E-state index in [0.717, 1.165) is 21.3 Å². The molecule has 116 valence electrons. The minimum atomic E-state index is -0.878. The van der Waals surface area contributed by atoms with E-state index in [-0.39, 0.29) is 6.54 Å². The molecule has 0 radical (unpaired) electrons. The van der Waals surface area contributed by atoms with Gasteiger partial charge < -0.3 is 15.2 Å². The zero-order valence-electron chi connectivity index (χ0n) is 12.3. The molecule has 0 aliphatic heterocycles.